The fourth-order valence-corrected chi connectivity index (χ4v) is 3.27. The molecule has 4 aromatic rings. The molecule has 0 aliphatic carbocycles. The summed E-state index contributed by atoms with van der Waals surface area (Å²) in [7, 11) is 1.46. The highest BCUT2D eigenvalue weighted by Gasteiger charge is 2.19. The molecule has 0 radical (unpaired) electrons. The molecule has 30 heavy (non-hydrogen) atoms. The van der Waals surface area contributed by atoms with E-state index in [1.807, 2.05) is 31.2 Å². The van der Waals surface area contributed by atoms with Crippen LogP contribution < -0.4 is 4.74 Å². The summed E-state index contributed by atoms with van der Waals surface area (Å²) in [6, 6.07) is 16.5. The molecule has 0 bridgehead atoms. The van der Waals surface area contributed by atoms with E-state index in [0.717, 1.165) is 11.1 Å². The number of methoxy groups -OCH3 is 1. The van der Waals surface area contributed by atoms with Crippen molar-refractivity contribution in [2.45, 2.75) is 6.92 Å². The number of aryl methyl sites for hydroxylation is 1. The molecule has 0 spiro atoms. The molecule has 1 N–H and O–H groups in total. The third kappa shape index (κ3) is 3.53. The molecular formula is C23H17FN2O4. The molecule has 0 amide bonds. The number of carboxylic acid groups (broad SMARTS) is 1. The maximum absolute atomic E-state index is 13.7. The fourth-order valence-electron chi connectivity index (χ4n) is 3.27. The van der Waals surface area contributed by atoms with E-state index in [4.69, 9.17) is 9.26 Å². The minimum atomic E-state index is -1.07. The number of halogens is 1. The first-order chi connectivity index (χ1) is 14.5. The van der Waals surface area contributed by atoms with Gasteiger partial charge >= 0.3 is 5.97 Å². The van der Waals surface area contributed by atoms with Crippen LogP contribution in [-0.2, 0) is 0 Å². The largest absolute Gasteiger partial charge is 0.496 e. The molecule has 0 aliphatic rings. The highest BCUT2D eigenvalue weighted by atomic mass is 19.1. The number of hydrogen-bond donors (Lipinski definition) is 1. The summed E-state index contributed by atoms with van der Waals surface area (Å²) < 4.78 is 24.2. The van der Waals surface area contributed by atoms with E-state index in [9.17, 15) is 14.3 Å². The summed E-state index contributed by atoms with van der Waals surface area (Å²) in [5.74, 6) is -0.879. The van der Waals surface area contributed by atoms with Crippen molar-refractivity contribution in [3.63, 3.8) is 0 Å². The first-order valence-corrected chi connectivity index (χ1v) is 9.09. The van der Waals surface area contributed by atoms with Gasteiger partial charge in [0.15, 0.2) is 0 Å². The van der Waals surface area contributed by atoms with Crippen molar-refractivity contribution in [1.29, 1.82) is 0 Å². The molecule has 0 saturated carbocycles. The molecule has 1 aromatic heterocycles. The Balaban J connectivity index is 1.78. The Morgan fingerprint density at radius 1 is 1.03 bits per heavy atom. The molecule has 6 nitrogen and oxygen atoms in total. The molecule has 0 fully saturated rings. The predicted molar refractivity (Wildman–Crippen MR) is 109 cm³/mol. The molecule has 1 heterocycles. The minimum Gasteiger partial charge on any atom is -0.496 e. The summed E-state index contributed by atoms with van der Waals surface area (Å²) in [6.45, 7) is 1.92. The average Bonchev–Trinajstić information content (AvgIpc) is 3.24. The number of aromatic nitrogens is 2. The molecule has 150 valence electrons. The van der Waals surface area contributed by atoms with Gasteiger partial charge < -0.3 is 14.4 Å². The van der Waals surface area contributed by atoms with Gasteiger partial charge in [0.05, 0.1) is 18.2 Å². The molecule has 0 atom stereocenters. The zero-order valence-electron chi connectivity index (χ0n) is 16.2. The van der Waals surface area contributed by atoms with Crippen molar-refractivity contribution in [2.75, 3.05) is 7.11 Å². The number of rotatable bonds is 5. The lowest BCUT2D eigenvalue weighted by Crippen LogP contribution is -2.01. The Bertz CT molecular complexity index is 1250. The van der Waals surface area contributed by atoms with Crippen LogP contribution in [0.3, 0.4) is 0 Å². The Morgan fingerprint density at radius 2 is 1.83 bits per heavy atom. The number of ether oxygens (including phenoxy) is 1. The van der Waals surface area contributed by atoms with Crippen molar-refractivity contribution in [3.8, 4) is 39.7 Å². The van der Waals surface area contributed by atoms with Crippen LogP contribution >= 0.6 is 0 Å². The Labute approximate surface area is 171 Å². The molecule has 3 aromatic carbocycles. The maximum Gasteiger partial charge on any atom is 0.336 e. The second-order valence-corrected chi connectivity index (χ2v) is 6.65. The number of carbonyl (C=O) groups is 1. The topological polar surface area (TPSA) is 85.5 Å². The van der Waals surface area contributed by atoms with Crippen molar-refractivity contribution < 1.29 is 23.6 Å². The standard InChI is InChI=1S/C23H17FN2O4/c1-13-5-3-4-6-16(13)17-9-7-14(11-18(17)23(27)28)22-25-21(26-30-22)19-12-15(24)8-10-20(19)29-2/h3-12H,1-2H3,(H,27,28). The smallest absolute Gasteiger partial charge is 0.336 e. The van der Waals surface area contributed by atoms with Crippen LogP contribution in [0.4, 0.5) is 4.39 Å². The van der Waals surface area contributed by atoms with E-state index in [2.05, 4.69) is 10.1 Å². The Kier molecular flexibility index (Phi) is 5.02. The second-order valence-electron chi connectivity index (χ2n) is 6.65. The normalized spacial score (nSPS) is 10.8. The van der Waals surface area contributed by atoms with Crippen LogP contribution in [-0.4, -0.2) is 28.3 Å². The minimum absolute atomic E-state index is 0.116. The summed E-state index contributed by atoms with van der Waals surface area (Å²) >= 11 is 0. The number of aromatic carboxylic acids is 1. The molecule has 7 heteroatoms. The van der Waals surface area contributed by atoms with Gasteiger partial charge in [0.2, 0.25) is 5.82 Å². The monoisotopic (exact) mass is 404 g/mol. The van der Waals surface area contributed by atoms with Gasteiger partial charge in [0, 0.05) is 5.56 Å². The van der Waals surface area contributed by atoms with Crippen LogP contribution in [0.5, 0.6) is 5.75 Å². The van der Waals surface area contributed by atoms with Gasteiger partial charge in [0.25, 0.3) is 5.89 Å². The van der Waals surface area contributed by atoms with Crippen LogP contribution in [0.2, 0.25) is 0 Å². The van der Waals surface area contributed by atoms with Gasteiger partial charge in [-0.1, -0.05) is 35.5 Å². The number of carboxylic acids is 1. The second kappa shape index (κ2) is 7.79. The van der Waals surface area contributed by atoms with E-state index in [1.54, 1.807) is 12.1 Å². The Morgan fingerprint density at radius 3 is 2.57 bits per heavy atom. The average molecular weight is 404 g/mol. The zero-order chi connectivity index (χ0) is 21.3. The zero-order valence-corrected chi connectivity index (χ0v) is 16.2. The number of hydrogen-bond acceptors (Lipinski definition) is 5. The van der Waals surface area contributed by atoms with Crippen LogP contribution in [0.15, 0.2) is 65.2 Å². The van der Waals surface area contributed by atoms with Crippen molar-refractivity contribution in [2.24, 2.45) is 0 Å². The SMILES string of the molecule is COc1ccc(F)cc1-c1noc(-c2ccc(-c3ccccc3C)c(C(=O)O)c2)n1. The van der Waals surface area contributed by atoms with Crippen molar-refractivity contribution in [1.82, 2.24) is 10.1 Å². The number of nitrogens with zero attached hydrogens (tertiary/aromatic N) is 2. The number of benzene rings is 3. The molecule has 0 saturated heterocycles. The van der Waals surface area contributed by atoms with E-state index < -0.39 is 11.8 Å². The van der Waals surface area contributed by atoms with Crippen molar-refractivity contribution >= 4 is 5.97 Å². The van der Waals surface area contributed by atoms with E-state index >= 15 is 0 Å². The van der Waals surface area contributed by atoms with Gasteiger partial charge in [-0.2, -0.15) is 4.98 Å². The van der Waals surface area contributed by atoms with Crippen LogP contribution in [0, 0.1) is 12.7 Å². The Hall–Kier alpha value is -4.00. The summed E-state index contributed by atoms with van der Waals surface area (Å²) in [4.78, 5) is 16.2. The first kappa shape index (κ1) is 19.3. The van der Waals surface area contributed by atoms with E-state index in [1.165, 1.54) is 31.4 Å². The maximum atomic E-state index is 13.7. The lowest BCUT2D eigenvalue weighted by molar-refractivity contribution is 0.0697. The van der Waals surface area contributed by atoms with Gasteiger partial charge in [-0.15, -0.1) is 0 Å². The molecule has 0 aliphatic heterocycles. The van der Waals surface area contributed by atoms with Gasteiger partial charge in [-0.25, -0.2) is 9.18 Å². The molecule has 0 unspecified atom stereocenters. The van der Waals surface area contributed by atoms with Crippen LogP contribution in [0.1, 0.15) is 15.9 Å². The van der Waals surface area contributed by atoms with Crippen molar-refractivity contribution in [3.05, 3.63) is 77.6 Å². The van der Waals surface area contributed by atoms with Gasteiger partial charge in [-0.05, 0) is 53.9 Å². The van der Waals surface area contributed by atoms with E-state index in [-0.39, 0.29) is 17.3 Å². The lowest BCUT2D eigenvalue weighted by Gasteiger charge is -2.10. The quantitative estimate of drug-likeness (QED) is 0.491. The molecule has 4 rings (SSSR count). The van der Waals surface area contributed by atoms with Gasteiger partial charge in [0.1, 0.15) is 11.6 Å². The summed E-state index contributed by atoms with van der Waals surface area (Å²) in [6.07, 6.45) is 0. The highest BCUT2D eigenvalue weighted by molar-refractivity contribution is 5.97. The fraction of sp³-hybridized carbons (Fsp3) is 0.0870. The third-order valence-corrected chi connectivity index (χ3v) is 4.76. The summed E-state index contributed by atoms with van der Waals surface area (Å²) in [5, 5.41) is 13.6. The van der Waals surface area contributed by atoms with Crippen LogP contribution in [0.25, 0.3) is 34.0 Å². The van der Waals surface area contributed by atoms with E-state index in [0.29, 0.717) is 22.4 Å². The summed E-state index contributed by atoms with van der Waals surface area (Å²) in [5.41, 5.74) is 3.28. The lowest BCUT2D eigenvalue weighted by atomic mass is 9.94. The first-order valence-electron chi connectivity index (χ1n) is 9.09. The van der Waals surface area contributed by atoms with Gasteiger partial charge in [-0.3, -0.25) is 0 Å². The predicted octanol–water partition coefficient (Wildman–Crippen LogP) is 5.22. The highest BCUT2D eigenvalue weighted by Crippen LogP contribution is 2.33. The molecular weight excluding hydrogens is 387 g/mol. The third-order valence-electron chi connectivity index (χ3n) is 4.76.